The van der Waals surface area contributed by atoms with Crippen LogP contribution in [0, 0.1) is 5.92 Å². The SMILES string of the molecule is COC(=O)[C@H](CC(C)C)NC(=O)COC(=O)CCc1ccc(OC)cc1. The minimum Gasteiger partial charge on any atom is -0.497 e. The summed E-state index contributed by atoms with van der Waals surface area (Å²) in [5.74, 6) is -0.577. The van der Waals surface area contributed by atoms with E-state index in [1.165, 1.54) is 7.11 Å². The van der Waals surface area contributed by atoms with Gasteiger partial charge in [0.25, 0.3) is 5.91 Å². The number of hydrogen-bond donors (Lipinski definition) is 1. The Labute approximate surface area is 154 Å². The zero-order valence-corrected chi connectivity index (χ0v) is 15.7. The summed E-state index contributed by atoms with van der Waals surface area (Å²) >= 11 is 0. The van der Waals surface area contributed by atoms with Crippen LogP contribution in [0.1, 0.15) is 32.3 Å². The highest BCUT2D eigenvalue weighted by atomic mass is 16.5. The van der Waals surface area contributed by atoms with Gasteiger partial charge in [0, 0.05) is 6.42 Å². The molecule has 0 radical (unpaired) electrons. The minimum atomic E-state index is -0.745. The molecule has 1 amide bonds. The number of esters is 2. The molecule has 1 aromatic carbocycles. The molecule has 0 aliphatic rings. The fourth-order valence-electron chi connectivity index (χ4n) is 2.32. The van der Waals surface area contributed by atoms with Gasteiger partial charge < -0.3 is 19.5 Å². The van der Waals surface area contributed by atoms with E-state index in [-0.39, 0.29) is 12.3 Å². The predicted molar refractivity (Wildman–Crippen MR) is 95.7 cm³/mol. The van der Waals surface area contributed by atoms with Crippen LogP contribution < -0.4 is 10.1 Å². The maximum Gasteiger partial charge on any atom is 0.328 e. The van der Waals surface area contributed by atoms with Gasteiger partial charge in [0.1, 0.15) is 11.8 Å². The fraction of sp³-hybridized carbons (Fsp3) is 0.526. The van der Waals surface area contributed by atoms with E-state index >= 15 is 0 Å². The summed E-state index contributed by atoms with van der Waals surface area (Å²) in [6.07, 6.45) is 1.11. The lowest BCUT2D eigenvalue weighted by Gasteiger charge is -2.18. The normalized spacial score (nSPS) is 11.6. The molecular formula is C19H27NO6. The lowest BCUT2D eigenvalue weighted by Crippen LogP contribution is -2.44. The number of benzene rings is 1. The van der Waals surface area contributed by atoms with Gasteiger partial charge in [0.15, 0.2) is 6.61 Å². The average Bonchev–Trinajstić information content (AvgIpc) is 2.63. The van der Waals surface area contributed by atoms with Crippen LogP contribution in [0.25, 0.3) is 0 Å². The van der Waals surface area contributed by atoms with Crippen molar-refractivity contribution in [3.8, 4) is 5.75 Å². The molecule has 0 unspecified atom stereocenters. The van der Waals surface area contributed by atoms with Gasteiger partial charge in [0.2, 0.25) is 0 Å². The van der Waals surface area contributed by atoms with Crippen LogP contribution in [0.4, 0.5) is 0 Å². The van der Waals surface area contributed by atoms with Gasteiger partial charge in [-0.25, -0.2) is 4.79 Å². The van der Waals surface area contributed by atoms with Gasteiger partial charge >= 0.3 is 11.9 Å². The first-order valence-electron chi connectivity index (χ1n) is 8.51. The predicted octanol–water partition coefficient (Wildman–Crippen LogP) is 1.87. The molecule has 26 heavy (non-hydrogen) atoms. The summed E-state index contributed by atoms with van der Waals surface area (Å²) in [5.41, 5.74) is 0.967. The van der Waals surface area contributed by atoms with Crippen LogP contribution in [-0.4, -0.2) is 44.7 Å². The van der Waals surface area contributed by atoms with Crippen molar-refractivity contribution in [3.63, 3.8) is 0 Å². The van der Waals surface area contributed by atoms with E-state index in [1.54, 1.807) is 7.11 Å². The average molecular weight is 365 g/mol. The standard InChI is InChI=1S/C19H27NO6/c1-13(2)11-16(19(23)25-4)20-17(21)12-26-18(22)10-7-14-5-8-15(24-3)9-6-14/h5-6,8-9,13,16H,7,10-12H2,1-4H3,(H,20,21)/t16-/m0/s1. The highest BCUT2D eigenvalue weighted by Gasteiger charge is 2.23. The summed E-state index contributed by atoms with van der Waals surface area (Å²) in [6.45, 7) is 3.44. The largest absolute Gasteiger partial charge is 0.497 e. The molecule has 0 fully saturated rings. The molecule has 0 saturated carbocycles. The van der Waals surface area contributed by atoms with Gasteiger partial charge in [-0.05, 0) is 36.5 Å². The van der Waals surface area contributed by atoms with Crippen LogP contribution >= 0.6 is 0 Å². The first-order chi connectivity index (χ1) is 12.3. The van der Waals surface area contributed by atoms with Crippen LogP contribution in [0.2, 0.25) is 0 Å². The molecule has 7 heteroatoms. The first-order valence-corrected chi connectivity index (χ1v) is 8.51. The minimum absolute atomic E-state index is 0.159. The maximum atomic E-state index is 11.9. The Balaban J connectivity index is 2.37. The Morgan fingerprint density at radius 2 is 1.73 bits per heavy atom. The molecule has 0 aromatic heterocycles. The van der Waals surface area contributed by atoms with Crippen LogP contribution in [0.3, 0.4) is 0 Å². The summed E-state index contributed by atoms with van der Waals surface area (Å²) in [6, 6.07) is 6.62. The lowest BCUT2D eigenvalue weighted by atomic mass is 10.0. The van der Waals surface area contributed by atoms with Crippen molar-refractivity contribution < 1.29 is 28.6 Å². The number of ether oxygens (including phenoxy) is 3. The molecule has 0 aliphatic heterocycles. The number of aryl methyl sites for hydroxylation is 1. The van der Waals surface area contributed by atoms with Gasteiger partial charge in [0.05, 0.1) is 14.2 Å². The summed E-state index contributed by atoms with van der Waals surface area (Å²) in [4.78, 5) is 35.3. The zero-order valence-electron chi connectivity index (χ0n) is 15.7. The van der Waals surface area contributed by atoms with Crippen molar-refractivity contribution in [3.05, 3.63) is 29.8 Å². The Bertz CT molecular complexity index is 597. The molecule has 0 bridgehead atoms. The molecule has 1 atom stereocenters. The van der Waals surface area contributed by atoms with E-state index in [9.17, 15) is 14.4 Å². The lowest BCUT2D eigenvalue weighted by molar-refractivity contribution is -0.150. The Kier molecular flexibility index (Phi) is 9.19. The molecular weight excluding hydrogens is 338 g/mol. The third-order valence-electron chi connectivity index (χ3n) is 3.67. The quantitative estimate of drug-likeness (QED) is 0.637. The van der Waals surface area contributed by atoms with Crippen LogP contribution in [0.5, 0.6) is 5.75 Å². The molecule has 7 nitrogen and oxygen atoms in total. The molecule has 0 heterocycles. The van der Waals surface area contributed by atoms with Crippen LogP contribution in [0.15, 0.2) is 24.3 Å². The van der Waals surface area contributed by atoms with E-state index in [1.807, 2.05) is 38.1 Å². The van der Waals surface area contributed by atoms with Crippen molar-refractivity contribution >= 4 is 17.8 Å². The molecule has 0 spiro atoms. The maximum absolute atomic E-state index is 11.9. The number of carbonyl (C=O) groups excluding carboxylic acids is 3. The monoisotopic (exact) mass is 365 g/mol. The van der Waals surface area contributed by atoms with E-state index in [4.69, 9.17) is 9.47 Å². The Morgan fingerprint density at radius 1 is 1.08 bits per heavy atom. The van der Waals surface area contributed by atoms with Gasteiger partial charge in [-0.15, -0.1) is 0 Å². The van der Waals surface area contributed by atoms with E-state index in [0.29, 0.717) is 12.8 Å². The molecule has 0 aliphatic carbocycles. The van der Waals surface area contributed by atoms with Crippen LogP contribution in [-0.2, 0) is 30.3 Å². The van der Waals surface area contributed by atoms with Crippen molar-refractivity contribution in [2.75, 3.05) is 20.8 Å². The molecule has 1 rings (SSSR count). The van der Waals surface area contributed by atoms with Gasteiger partial charge in [-0.2, -0.15) is 0 Å². The second kappa shape index (κ2) is 11.1. The molecule has 0 saturated heterocycles. The van der Waals surface area contributed by atoms with Gasteiger partial charge in [-0.1, -0.05) is 26.0 Å². The van der Waals surface area contributed by atoms with Crippen molar-refractivity contribution in [1.82, 2.24) is 5.32 Å². The van der Waals surface area contributed by atoms with Gasteiger partial charge in [-0.3, -0.25) is 9.59 Å². The van der Waals surface area contributed by atoms with Crippen molar-refractivity contribution in [2.45, 2.75) is 39.2 Å². The fourth-order valence-corrected chi connectivity index (χ4v) is 2.32. The number of carbonyl (C=O) groups is 3. The number of nitrogens with one attached hydrogen (secondary N) is 1. The highest BCUT2D eigenvalue weighted by molar-refractivity contribution is 5.86. The topological polar surface area (TPSA) is 90.9 Å². The Hall–Kier alpha value is -2.57. The number of methoxy groups -OCH3 is 2. The van der Waals surface area contributed by atoms with Crippen molar-refractivity contribution in [1.29, 1.82) is 0 Å². The number of rotatable bonds is 10. The molecule has 1 N–H and O–H groups in total. The second-order valence-corrected chi connectivity index (χ2v) is 6.28. The van der Waals surface area contributed by atoms with E-state index < -0.39 is 30.5 Å². The summed E-state index contributed by atoms with van der Waals surface area (Å²) in [5, 5.41) is 2.54. The number of hydrogen-bond acceptors (Lipinski definition) is 6. The molecule has 144 valence electrons. The highest BCUT2D eigenvalue weighted by Crippen LogP contribution is 2.12. The smallest absolute Gasteiger partial charge is 0.328 e. The second-order valence-electron chi connectivity index (χ2n) is 6.28. The third kappa shape index (κ3) is 8.00. The van der Waals surface area contributed by atoms with Crippen molar-refractivity contribution in [2.24, 2.45) is 5.92 Å². The van der Waals surface area contributed by atoms with E-state index in [2.05, 4.69) is 10.1 Å². The van der Waals surface area contributed by atoms with E-state index in [0.717, 1.165) is 11.3 Å². The summed E-state index contributed by atoms with van der Waals surface area (Å²) in [7, 11) is 2.85. The summed E-state index contributed by atoms with van der Waals surface area (Å²) < 4.78 is 14.7. The number of amides is 1. The third-order valence-corrected chi connectivity index (χ3v) is 3.67. The first kappa shape index (κ1) is 21.5. The Morgan fingerprint density at radius 3 is 2.27 bits per heavy atom. The molecule has 1 aromatic rings. The zero-order chi connectivity index (χ0) is 19.5.